The molecule has 0 fully saturated rings. The van der Waals surface area contributed by atoms with Crippen molar-refractivity contribution in [1.29, 1.82) is 5.26 Å². The van der Waals surface area contributed by atoms with Gasteiger partial charge in [0.1, 0.15) is 5.54 Å². The summed E-state index contributed by atoms with van der Waals surface area (Å²) in [5.74, 6) is 1.07. The van der Waals surface area contributed by atoms with Gasteiger partial charge in [-0.25, -0.2) is 0 Å². The van der Waals surface area contributed by atoms with Gasteiger partial charge < -0.3 is 5.73 Å². The standard InChI is InChI=1S/C18H20N2S/c1-14(2)15-8-10-17(11-9-15)21-13-18(20,12-19)16-6-4-3-5-7-16/h3-11,14H,13,20H2,1-2H3. The topological polar surface area (TPSA) is 49.8 Å². The summed E-state index contributed by atoms with van der Waals surface area (Å²) in [6.45, 7) is 4.36. The predicted molar refractivity (Wildman–Crippen MR) is 89.2 cm³/mol. The Morgan fingerprint density at radius 1 is 1.10 bits per heavy atom. The summed E-state index contributed by atoms with van der Waals surface area (Å²) in [5.41, 5.74) is 7.49. The second-order valence-electron chi connectivity index (χ2n) is 5.46. The third-order valence-electron chi connectivity index (χ3n) is 3.50. The van der Waals surface area contributed by atoms with Crippen LogP contribution in [0.3, 0.4) is 0 Å². The Bertz CT molecular complexity index is 614. The van der Waals surface area contributed by atoms with E-state index in [1.807, 2.05) is 30.3 Å². The van der Waals surface area contributed by atoms with Crippen LogP contribution < -0.4 is 5.73 Å². The van der Waals surface area contributed by atoms with Crippen molar-refractivity contribution in [2.24, 2.45) is 5.73 Å². The molecule has 108 valence electrons. The minimum atomic E-state index is -0.956. The Labute approximate surface area is 131 Å². The average Bonchev–Trinajstić information content (AvgIpc) is 2.54. The molecule has 2 nitrogen and oxygen atoms in total. The molecule has 0 spiro atoms. The fraction of sp³-hybridized carbons (Fsp3) is 0.278. The molecule has 0 bridgehead atoms. The van der Waals surface area contributed by atoms with Gasteiger partial charge in [-0.15, -0.1) is 11.8 Å². The van der Waals surface area contributed by atoms with Crippen LogP contribution in [0.1, 0.15) is 30.9 Å². The average molecular weight is 296 g/mol. The SMILES string of the molecule is CC(C)c1ccc(SCC(N)(C#N)c2ccccc2)cc1. The molecule has 2 aromatic rings. The molecule has 0 aliphatic heterocycles. The zero-order chi connectivity index (χ0) is 15.3. The first-order valence-corrected chi connectivity index (χ1v) is 8.02. The number of hydrogen-bond acceptors (Lipinski definition) is 3. The molecule has 2 rings (SSSR count). The van der Waals surface area contributed by atoms with Crippen LogP contribution in [0.25, 0.3) is 0 Å². The summed E-state index contributed by atoms with van der Waals surface area (Å²) in [6.07, 6.45) is 0. The van der Waals surface area contributed by atoms with E-state index in [1.54, 1.807) is 11.8 Å². The van der Waals surface area contributed by atoms with Gasteiger partial charge in [0.25, 0.3) is 0 Å². The summed E-state index contributed by atoms with van der Waals surface area (Å²) in [6, 6.07) is 20.3. The molecule has 0 saturated heterocycles. The van der Waals surface area contributed by atoms with E-state index in [0.29, 0.717) is 11.7 Å². The minimum Gasteiger partial charge on any atom is -0.309 e. The fourth-order valence-corrected chi connectivity index (χ4v) is 3.02. The maximum Gasteiger partial charge on any atom is 0.139 e. The molecule has 0 radical (unpaired) electrons. The molecule has 0 amide bonds. The number of nitriles is 1. The number of hydrogen-bond donors (Lipinski definition) is 1. The quantitative estimate of drug-likeness (QED) is 0.838. The first kappa shape index (κ1) is 15.6. The number of rotatable bonds is 5. The lowest BCUT2D eigenvalue weighted by atomic mass is 9.95. The molecule has 0 aliphatic rings. The van der Waals surface area contributed by atoms with Crippen molar-refractivity contribution in [3.8, 4) is 6.07 Å². The zero-order valence-corrected chi connectivity index (χ0v) is 13.2. The molecule has 2 N–H and O–H groups in total. The lowest BCUT2D eigenvalue weighted by molar-refractivity contribution is 0.659. The first-order chi connectivity index (χ1) is 10.0. The maximum atomic E-state index is 9.45. The molecule has 0 aromatic heterocycles. The van der Waals surface area contributed by atoms with Crippen molar-refractivity contribution >= 4 is 11.8 Å². The van der Waals surface area contributed by atoms with Crippen LogP contribution in [0.2, 0.25) is 0 Å². The first-order valence-electron chi connectivity index (χ1n) is 7.03. The van der Waals surface area contributed by atoms with Crippen LogP contribution in [0.15, 0.2) is 59.5 Å². The van der Waals surface area contributed by atoms with Crippen LogP contribution in [-0.4, -0.2) is 5.75 Å². The highest BCUT2D eigenvalue weighted by Crippen LogP contribution is 2.28. The summed E-state index contributed by atoms with van der Waals surface area (Å²) < 4.78 is 0. The molecule has 1 atom stereocenters. The van der Waals surface area contributed by atoms with Gasteiger partial charge in [-0.3, -0.25) is 0 Å². The smallest absolute Gasteiger partial charge is 0.139 e. The molecule has 0 heterocycles. The highest BCUT2D eigenvalue weighted by atomic mass is 32.2. The van der Waals surface area contributed by atoms with Crippen LogP contribution >= 0.6 is 11.8 Å². The summed E-state index contributed by atoms with van der Waals surface area (Å²) in [7, 11) is 0. The van der Waals surface area contributed by atoms with E-state index in [9.17, 15) is 5.26 Å². The molecule has 1 unspecified atom stereocenters. The maximum absolute atomic E-state index is 9.45. The van der Waals surface area contributed by atoms with Crippen LogP contribution in [0.4, 0.5) is 0 Å². The second kappa shape index (κ2) is 6.80. The summed E-state index contributed by atoms with van der Waals surface area (Å²) in [4.78, 5) is 1.14. The number of benzene rings is 2. The van der Waals surface area contributed by atoms with Gasteiger partial charge in [0.2, 0.25) is 0 Å². The van der Waals surface area contributed by atoms with E-state index in [1.165, 1.54) is 5.56 Å². The van der Waals surface area contributed by atoms with Gasteiger partial charge in [-0.1, -0.05) is 56.3 Å². The van der Waals surface area contributed by atoms with Crippen molar-refractivity contribution in [2.45, 2.75) is 30.2 Å². The van der Waals surface area contributed by atoms with Gasteiger partial charge in [0.05, 0.1) is 6.07 Å². The van der Waals surface area contributed by atoms with E-state index in [4.69, 9.17) is 5.73 Å². The van der Waals surface area contributed by atoms with Crippen LogP contribution in [0, 0.1) is 11.3 Å². The number of thioether (sulfide) groups is 1. The van der Waals surface area contributed by atoms with Gasteiger partial charge in [0, 0.05) is 10.6 Å². The van der Waals surface area contributed by atoms with E-state index < -0.39 is 5.54 Å². The summed E-state index contributed by atoms with van der Waals surface area (Å²) >= 11 is 1.62. The lowest BCUT2D eigenvalue weighted by Crippen LogP contribution is -2.37. The van der Waals surface area contributed by atoms with Crippen molar-refractivity contribution < 1.29 is 0 Å². The Morgan fingerprint density at radius 2 is 1.71 bits per heavy atom. The van der Waals surface area contributed by atoms with Gasteiger partial charge >= 0.3 is 0 Å². The lowest BCUT2D eigenvalue weighted by Gasteiger charge is -2.21. The number of nitrogens with zero attached hydrogens (tertiary/aromatic N) is 1. The Balaban J connectivity index is 2.09. The largest absolute Gasteiger partial charge is 0.309 e. The predicted octanol–water partition coefficient (Wildman–Crippen LogP) is 4.28. The van der Waals surface area contributed by atoms with Crippen molar-refractivity contribution in [3.63, 3.8) is 0 Å². The molecule has 2 aromatic carbocycles. The molecular formula is C18H20N2S. The van der Waals surface area contributed by atoms with Crippen LogP contribution in [-0.2, 0) is 5.54 Å². The normalized spacial score (nSPS) is 13.7. The Hall–Kier alpha value is -1.76. The van der Waals surface area contributed by atoms with Crippen molar-refractivity contribution in [2.75, 3.05) is 5.75 Å². The highest BCUT2D eigenvalue weighted by molar-refractivity contribution is 7.99. The summed E-state index contributed by atoms with van der Waals surface area (Å²) in [5, 5.41) is 9.45. The number of nitrogens with two attached hydrogens (primary N) is 1. The third-order valence-corrected chi connectivity index (χ3v) is 4.71. The Morgan fingerprint density at radius 3 is 2.24 bits per heavy atom. The molecule has 3 heteroatoms. The molecule has 0 aliphatic carbocycles. The van der Waals surface area contributed by atoms with Gasteiger partial charge in [-0.05, 0) is 29.2 Å². The van der Waals surface area contributed by atoms with E-state index in [2.05, 4.69) is 44.2 Å². The molecular weight excluding hydrogens is 276 g/mol. The minimum absolute atomic E-state index is 0.529. The second-order valence-corrected chi connectivity index (χ2v) is 6.51. The van der Waals surface area contributed by atoms with E-state index in [0.717, 1.165) is 10.5 Å². The van der Waals surface area contributed by atoms with Crippen molar-refractivity contribution in [3.05, 3.63) is 65.7 Å². The fourth-order valence-electron chi connectivity index (χ4n) is 2.06. The van der Waals surface area contributed by atoms with Crippen molar-refractivity contribution in [1.82, 2.24) is 0 Å². The van der Waals surface area contributed by atoms with Crippen LogP contribution in [0.5, 0.6) is 0 Å². The van der Waals surface area contributed by atoms with Gasteiger partial charge in [0.15, 0.2) is 0 Å². The van der Waals surface area contributed by atoms with E-state index >= 15 is 0 Å². The highest BCUT2D eigenvalue weighted by Gasteiger charge is 2.27. The Kier molecular flexibility index (Phi) is 5.06. The monoisotopic (exact) mass is 296 g/mol. The molecule has 0 saturated carbocycles. The molecule has 21 heavy (non-hydrogen) atoms. The zero-order valence-electron chi connectivity index (χ0n) is 12.4. The van der Waals surface area contributed by atoms with E-state index in [-0.39, 0.29) is 0 Å². The van der Waals surface area contributed by atoms with Gasteiger partial charge in [-0.2, -0.15) is 5.26 Å². The third kappa shape index (κ3) is 3.87.